The largest absolute Gasteiger partial charge is 0.438 e. The smallest absolute Gasteiger partial charge is 0.238 e. The monoisotopic (exact) mass is 349 g/mol. The van der Waals surface area contributed by atoms with Gasteiger partial charge in [0, 0.05) is 6.54 Å². The highest BCUT2D eigenvalue weighted by Crippen LogP contribution is 2.32. The van der Waals surface area contributed by atoms with Gasteiger partial charge in [-0.05, 0) is 52.9 Å². The molecule has 21 heavy (non-hydrogen) atoms. The first kappa shape index (κ1) is 15.8. The molecule has 0 aliphatic heterocycles. The summed E-state index contributed by atoms with van der Waals surface area (Å²) in [6.45, 7) is 7.22. The van der Waals surface area contributed by atoms with E-state index in [-0.39, 0.29) is 0 Å². The van der Waals surface area contributed by atoms with Crippen molar-refractivity contribution in [2.24, 2.45) is 0 Å². The molecule has 0 spiro atoms. The van der Waals surface area contributed by atoms with Gasteiger partial charge in [-0.25, -0.2) is 9.97 Å². The summed E-state index contributed by atoms with van der Waals surface area (Å²) in [5, 5.41) is 3.16. The molecule has 1 atom stereocenters. The van der Waals surface area contributed by atoms with E-state index in [1.165, 1.54) is 11.9 Å². The van der Waals surface area contributed by atoms with Gasteiger partial charge in [-0.1, -0.05) is 26.0 Å². The minimum atomic E-state index is 0.511. The SMILES string of the molecule is CCNc1ncnc(Oc2ccc(C(C)CC)cc2)c1Br. The molecular formula is C16H20BrN3O. The number of nitrogens with zero attached hydrogens (tertiary/aromatic N) is 2. The van der Waals surface area contributed by atoms with E-state index >= 15 is 0 Å². The van der Waals surface area contributed by atoms with Crippen LogP contribution in [0, 0.1) is 0 Å². The zero-order valence-electron chi connectivity index (χ0n) is 12.6. The summed E-state index contributed by atoms with van der Waals surface area (Å²) in [5.74, 6) is 2.57. The number of ether oxygens (including phenoxy) is 1. The van der Waals surface area contributed by atoms with E-state index in [4.69, 9.17) is 4.74 Å². The van der Waals surface area contributed by atoms with Gasteiger partial charge in [-0.15, -0.1) is 0 Å². The van der Waals surface area contributed by atoms with Gasteiger partial charge < -0.3 is 10.1 Å². The van der Waals surface area contributed by atoms with Crippen LogP contribution < -0.4 is 10.1 Å². The lowest BCUT2D eigenvalue weighted by atomic mass is 9.99. The van der Waals surface area contributed by atoms with E-state index in [1.807, 2.05) is 19.1 Å². The van der Waals surface area contributed by atoms with Crippen LogP contribution in [0.25, 0.3) is 0 Å². The summed E-state index contributed by atoms with van der Waals surface area (Å²) in [4.78, 5) is 8.34. The molecule has 1 unspecified atom stereocenters. The van der Waals surface area contributed by atoms with Crippen LogP contribution in [-0.2, 0) is 0 Å². The summed E-state index contributed by atoms with van der Waals surface area (Å²) >= 11 is 3.48. The van der Waals surface area contributed by atoms with E-state index in [2.05, 4.69) is 57.2 Å². The van der Waals surface area contributed by atoms with E-state index in [0.717, 1.165) is 29.0 Å². The second-order valence-corrected chi connectivity index (χ2v) is 5.65. The van der Waals surface area contributed by atoms with E-state index in [1.54, 1.807) is 0 Å². The van der Waals surface area contributed by atoms with Crippen molar-refractivity contribution >= 4 is 21.7 Å². The fraction of sp³-hybridized carbons (Fsp3) is 0.375. The van der Waals surface area contributed by atoms with Crippen molar-refractivity contribution < 1.29 is 4.74 Å². The van der Waals surface area contributed by atoms with Crippen molar-refractivity contribution in [3.05, 3.63) is 40.6 Å². The lowest BCUT2D eigenvalue weighted by Crippen LogP contribution is -2.02. The molecule has 1 N–H and O–H groups in total. The number of hydrogen-bond donors (Lipinski definition) is 1. The number of benzene rings is 1. The Balaban J connectivity index is 2.16. The van der Waals surface area contributed by atoms with Crippen molar-refractivity contribution in [1.29, 1.82) is 0 Å². The minimum Gasteiger partial charge on any atom is -0.438 e. The molecule has 1 aromatic carbocycles. The van der Waals surface area contributed by atoms with Crippen LogP contribution in [0.4, 0.5) is 5.82 Å². The average molecular weight is 350 g/mol. The highest BCUT2D eigenvalue weighted by atomic mass is 79.9. The van der Waals surface area contributed by atoms with Crippen LogP contribution in [0.3, 0.4) is 0 Å². The fourth-order valence-electron chi connectivity index (χ4n) is 1.93. The van der Waals surface area contributed by atoms with E-state index in [9.17, 15) is 0 Å². The predicted octanol–water partition coefficient (Wildman–Crippen LogP) is 4.98. The van der Waals surface area contributed by atoms with Crippen LogP contribution in [0.5, 0.6) is 11.6 Å². The highest BCUT2D eigenvalue weighted by molar-refractivity contribution is 9.10. The van der Waals surface area contributed by atoms with Gasteiger partial charge in [-0.2, -0.15) is 0 Å². The molecular weight excluding hydrogens is 330 g/mol. The fourth-order valence-corrected chi connectivity index (χ4v) is 2.35. The lowest BCUT2D eigenvalue weighted by Gasteiger charge is -2.12. The summed E-state index contributed by atoms with van der Waals surface area (Å²) in [6.07, 6.45) is 2.62. The zero-order valence-corrected chi connectivity index (χ0v) is 14.1. The minimum absolute atomic E-state index is 0.511. The summed E-state index contributed by atoms with van der Waals surface area (Å²) in [6, 6.07) is 8.15. The maximum atomic E-state index is 5.83. The number of aromatic nitrogens is 2. The van der Waals surface area contributed by atoms with Crippen LogP contribution in [0.15, 0.2) is 35.1 Å². The van der Waals surface area contributed by atoms with Gasteiger partial charge in [0.2, 0.25) is 5.88 Å². The van der Waals surface area contributed by atoms with Crippen LogP contribution >= 0.6 is 15.9 Å². The molecule has 0 saturated heterocycles. The Morgan fingerprint density at radius 3 is 2.52 bits per heavy atom. The van der Waals surface area contributed by atoms with Gasteiger partial charge in [-0.3, -0.25) is 0 Å². The molecule has 0 bridgehead atoms. The Hall–Kier alpha value is -1.62. The van der Waals surface area contributed by atoms with Gasteiger partial charge in [0.05, 0.1) is 0 Å². The molecule has 0 aliphatic rings. The van der Waals surface area contributed by atoms with Gasteiger partial charge in [0.1, 0.15) is 22.4 Å². The standard InChI is InChI=1S/C16H20BrN3O/c1-4-11(3)12-6-8-13(9-7-12)21-16-14(17)15(18-5-2)19-10-20-16/h6-11H,4-5H2,1-3H3,(H,18,19,20). The molecule has 5 heteroatoms. The Bertz CT molecular complexity index is 587. The first-order valence-corrected chi connectivity index (χ1v) is 7.97. The maximum Gasteiger partial charge on any atom is 0.238 e. The highest BCUT2D eigenvalue weighted by Gasteiger charge is 2.10. The van der Waals surface area contributed by atoms with Crippen LogP contribution in [-0.4, -0.2) is 16.5 Å². The molecule has 2 aromatic rings. The quantitative estimate of drug-likeness (QED) is 0.798. The molecule has 2 rings (SSSR count). The first-order valence-electron chi connectivity index (χ1n) is 7.17. The molecule has 0 radical (unpaired) electrons. The second kappa shape index (κ2) is 7.41. The average Bonchev–Trinajstić information content (AvgIpc) is 2.51. The molecule has 0 saturated carbocycles. The number of rotatable bonds is 6. The van der Waals surface area contributed by atoms with Crippen LogP contribution in [0.2, 0.25) is 0 Å². The Labute approximate surface area is 134 Å². The summed E-state index contributed by atoms with van der Waals surface area (Å²) < 4.78 is 6.56. The van der Waals surface area contributed by atoms with Gasteiger partial charge in [0.25, 0.3) is 0 Å². The number of hydrogen-bond acceptors (Lipinski definition) is 4. The number of anilines is 1. The van der Waals surface area contributed by atoms with Crippen molar-refractivity contribution in [1.82, 2.24) is 9.97 Å². The number of nitrogens with one attached hydrogen (secondary N) is 1. The third-order valence-electron chi connectivity index (χ3n) is 3.38. The second-order valence-electron chi connectivity index (χ2n) is 4.85. The topological polar surface area (TPSA) is 47.0 Å². The summed E-state index contributed by atoms with van der Waals surface area (Å²) in [7, 11) is 0. The van der Waals surface area contributed by atoms with Gasteiger partial charge >= 0.3 is 0 Å². The first-order chi connectivity index (χ1) is 10.2. The molecule has 0 fully saturated rings. The molecule has 4 nitrogen and oxygen atoms in total. The summed E-state index contributed by atoms with van der Waals surface area (Å²) in [5.41, 5.74) is 1.32. The van der Waals surface area contributed by atoms with E-state index < -0.39 is 0 Å². The third-order valence-corrected chi connectivity index (χ3v) is 4.09. The van der Waals surface area contributed by atoms with Crippen molar-refractivity contribution in [2.75, 3.05) is 11.9 Å². The Morgan fingerprint density at radius 2 is 1.90 bits per heavy atom. The van der Waals surface area contributed by atoms with Crippen LogP contribution in [0.1, 0.15) is 38.7 Å². The molecule has 1 aromatic heterocycles. The molecule has 0 amide bonds. The zero-order chi connectivity index (χ0) is 15.2. The maximum absolute atomic E-state index is 5.83. The molecule has 0 aliphatic carbocycles. The Kier molecular flexibility index (Phi) is 5.56. The van der Waals surface area contributed by atoms with Crippen molar-refractivity contribution in [3.8, 4) is 11.6 Å². The molecule has 1 heterocycles. The van der Waals surface area contributed by atoms with E-state index in [0.29, 0.717) is 11.8 Å². The van der Waals surface area contributed by atoms with Crippen molar-refractivity contribution in [3.63, 3.8) is 0 Å². The number of halogens is 1. The Morgan fingerprint density at radius 1 is 1.19 bits per heavy atom. The lowest BCUT2D eigenvalue weighted by molar-refractivity contribution is 0.458. The normalized spacial score (nSPS) is 12.0. The molecule has 112 valence electrons. The van der Waals surface area contributed by atoms with Crippen molar-refractivity contribution in [2.45, 2.75) is 33.1 Å². The van der Waals surface area contributed by atoms with Gasteiger partial charge in [0.15, 0.2) is 0 Å². The third kappa shape index (κ3) is 3.94. The predicted molar refractivity (Wildman–Crippen MR) is 89.1 cm³/mol.